The van der Waals surface area contributed by atoms with E-state index in [-0.39, 0.29) is 11.1 Å². The standard InChI is InChI=1S/C18H22N4O2/c1-12(2)5-8-21-9-6-15-13(17(21)23)11-14-16(19-15)7-10-22(18(14)24)20(3)4/h6-7,9-12H,5,8H2,1-4H3. The maximum Gasteiger partial charge on any atom is 0.278 e. The van der Waals surface area contributed by atoms with Gasteiger partial charge in [-0.3, -0.25) is 9.59 Å². The lowest BCUT2D eigenvalue weighted by Crippen LogP contribution is -2.35. The zero-order chi connectivity index (χ0) is 17.4. The Morgan fingerprint density at radius 2 is 1.67 bits per heavy atom. The molecule has 0 spiro atoms. The number of aryl methyl sites for hydroxylation is 1. The molecule has 0 unspecified atom stereocenters. The number of hydrogen-bond acceptors (Lipinski definition) is 4. The normalized spacial score (nSPS) is 11.5. The number of rotatable bonds is 4. The molecule has 3 heterocycles. The highest BCUT2D eigenvalue weighted by atomic mass is 16.1. The van der Waals surface area contributed by atoms with E-state index in [9.17, 15) is 9.59 Å². The number of pyridine rings is 3. The first kappa shape index (κ1) is 16.2. The van der Waals surface area contributed by atoms with Crippen LogP contribution in [0.4, 0.5) is 0 Å². The molecule has 0 atom stereocenters. The van der Waals surface area contributed by atoms with Gasteiger partial charge in [0.25, 0.3) is 11.1 Å². The highest BCUT2D eigenvalue weighted by molar-refractivity contribution is 5.91. The third-order valence-electron chi connectivity index (χ3n) is 4.18. The predicted molar refractivity (Wildman–Crippen MR) is 97.3 cm³/mol. The molecular formula is C18H22N4O2. The summed E-state index contributed by atoms with van der Waals surface area (Å²) in [4.78, 5) is 29.8. The minimum atomic E-state index is -0.177. The van der Waals surface area contributed by atoms with Crippen molar-refractivity contribution in [3.63, 3.8) is 0 Å². The van der Waals surface area contributed by atoms with Gasteiger partial charge in [-0.25, -0.2) is 9.66 Å². The van der Waals surface area contributed by atoms with Gasteiger partial charge in [-0.1, -0.05) is 13.8 Å². The molecule has 3 aromatic rings. The van der Waals surface area contributed by atoms with Crippen molar-refractivity contribution >= 4 is 21.8 Å². The van der Waals surface area contributed by atoms with Gasteiger partial charge in [-0.2, -0.15) is 0 Å². The Balaban J connectivity index is 2.23. The summed E-state index contributed by atoms with van der Waals surface area (Å²) in [5.74, 6) is 0.523. The number of fused-ring (bicyclic) bond motifs is 2. The fraction of sp³-hybridized carbons (Fsp3) is 0.389. The van der Waals surface area contributed by atoms with Crippen molar-refractivity contribution in [1.29, 1.82) is 0 Å². The average Bonchev–Trinajstić information content (AvgIpc) is 2.53. The Morgan fingerprint density at radius 1 is 1.04 bits per heavy atom. The van der Waals surface area contributed by atoms with Crippen molar-refractivity contribution in [3.8, 4) is 0 Å². The summed E-state index contributed by atoms with van der Waals surface area (Å²) in [7, 11) is 3.58. The largest absolute Gasteiger partial charge is 0.316 e. The van der Waals surface area contributed by atoms with Crippen molar-refractivity contribution in [3.05, 3.63) is 51.3 Å². The van der Waals surface area contributed by atoms with Gasteiger partial charge in [0.15, 0.2) is 0 Å². The Labute approximate surface area is 139 Å². The fourth-order valence-electron chi connectivity index (χ4n) is 2.74. The second-order valence-corrected chi connectivity index (χ2v) is 6.66. The number of nitrogens with zero attached hydrogens (tertiary/aromatic N) is 4. The first-order valence-electron chi connectivity index (χ1n) is 8.11. The van der Waals surface area contributed by atoms with E-state index in [1.807, 2.05) is 6.07 Å². The first-order valence-corrected chi connectivity index (χ1v) is 8.11. The van der Waals surface area contributed by atoms with Crippen LogP contribution in [0.25, 0.3) is 21.8 Å². The summed E-state index contributed by atoms with van der Waals surface area (Å²) in [6.45, 7) is 4.93. The van der Waals surface area contributed by atoms with Gasteiger partial charge in [-0.05, 0) is 30.5 Å². The Bertz CT molecular complexity index is 1020. The highest BCUT2D eigenvalue weighted by Crippen LogP contribution is 2.14. The molecule has 6 nitrogen and oxygen atoms in total. The van der Waals surface area contributed by atoms with Gasteiger partial charge < -0.3 is 9.58 Å². The second-order valence-electron chi connectivity index (χ2n) is 6.66. The predicted octanol–water partition coefficient (Wildman–Crippen LogP) is 1.96. The first-order chi connectivity index (χ1) is 11.4. The van der Waals surface area contributed by atoms with Crippen LogP contribution in [0.2, 0.25) is 0 Å². The van der Waals surface area contributed by atoms with E-state index in [0.717, 1.165) is 6.42 Å². The molecule has 0 amide bonds. The molecule has 24 heavy (non-hydrogen) atoms. The Hall–Kier alpha value is -2.63. The third kappa shape index (κ3) is 2.79. The molecule has 0 bridgehead atoms. The average molecular weight is 326 g/mol. The Morgan fingerprint density at radius 3 is 2.29 bits per heavy atom. The smallest absolute Gasteiger partial charge is 0.278 e. The second kappa shape index (κ2) is 6.11. The van der Waals surface area contributed by atoms with Crippen LogP contribution in [0.15, 0.2) is 40.2 Å². The molecule has 0 radical (unpaired) electrons. The Kier molecular flexibility index (Phi) is 4.13. The minimum Gasteiger partial charge on any atom is -0.316 e. The summed E-state index contributed by atoms with van der Waals surface area (Å²) < 4.78 is 3.19. The molecule has 0 aliphatic heterocycles. The highest BCUT2D eigenvalue weighted by Gasteiger charge is 2.10. The van der Waals surface area contributed by atoms with E-state index in [4.69, 9.17) is 0 Å². The van der Waals surface area contributed by atoms with Crippen molar-refractivity contribution in [2.24, 2.45) is 5.92 Å². The monoisotopic (exact) mass is 326 g/mol. The molecule has 0 aromatic carbocycles. The van der Waals surface area contributed by atoms with Crippen LogP contribution in [-0.2, 0) is 6.54 Å². The summed E-state index contributed by atoms with van der Waals surface area (Å²) >= 11 is 0. The lowest BCUT2D eigenvalue weighted by molar-refractivity contribution is 0.509. The van der Waals surface area contributed by atoms with Crippen molar-refractivity contribution in [2.45, 2.75) is 26.8 Å². The topological polar surface area (TPSA) is 60.1 Å². The van der Waals surface area contributed by atoms with Crippen LogP contribution in [0.3, 0.4) is 0 Å². The summed E-state index contributed by atoms with van der Waals surface area (Å²) in [5.41, 5.74) is 0.950. The summed E-state index contributed by atoms with van der Waals surface area (Å²) in [6.07, 6.45) is 4.40. The number of aromatic nitrogens is 3. The molecule has 0 aliphatic carbocycles. The quantitative estimate of drug-likeness (QED) is 0.688. The lowest BCUT2D eigenvalue weighted by atomic mass is 10.1. The van der Waals surface area contributed by atoms with E-state index < -0.39 is 0 Å². The van der Waals surface area contributed by atoms with Crippen LogP contribution < -0.4 is 16.1 Å². The van der Waals surface area contributed by atoms with Crippen molar-refractivity contribution in [1.82, 2.24) is 14.2 Å². The van der Waals surface area contributed by atoms with Crippen LogP contribution in [0.1, 0.15) is 20.3 Å². The molecule has 0 aliphatic rings. The molecular weight excluding hydrogens is 304 g/mol. The SMILES string of the molecule is CC(C)CCn1ccc2nc3ccn(N(C)C)c(=O)c3cc2c1=O. The van der Waals surface area contributed by atoms with Crippen molar-refractivity contribution < 1.29 is 0 Å². The van der Waals surface area contributed by atoms with Gasteiger partial charge in [0.2, 0.25) is 0 Å². The molecule has 0 saturated carbocycles. The van der Waals surface area contributed by atoms with Crippen LogP contribution in [-0.4, -0.2) is 28.3 Å². The van der Waals surface area contributed by atoms with Crippen LogP contribution in [0.5, 0.6) is 0 Å². The maximum absolute atomic E-state index is 12.7. The van der Waals surface area contributed by atoms with E-state index in [0.29, 0.717) is 34.3 Å². The van der Waals surface area contributed by atoms with E-state index in [2.05, 4.69) is 18.8 Å². The minimum absolute atomic E-state index is 0.0952. The molecule has 0 N–H and O–H groups in total. The maximum atomic E-state index is 12.7. The van der Waals surface area contributed by atoms with Gasteiger partial charge in [-0.15, -0.1) is 0 Å². The van der Waals surface area contributed by atoms with Crippen LogP contribution in [0, 0.1) is 5.92 Å². The number of hydrogen-bond donors (Lipinski definition) is 0. The van der Waals surface area contributed by atoms with Gasteiger partial charge in [0, 0.05) is 33.0 Å². The lowest BCUT2D eigenvalue weighted by Gasteiger charge is -2.16. The van der Waals surface area contributed by atoms with E-state index in [1.165, 1.54) is 4.68 Å². The van der Waals surface area contributed by atoms with Gasteiger partial charge in [0.1, 0.15) is 0 Å². The third-order valence-corrected chi connectivity index (χ3v) is 4.18. The molecule has 3 rings (SSSR count). The zero-order valence-corrected chi connectivity index (χ0v) is 14.5. The van der Waals surface area contributed by atoms with E-state index >= 15 is 0 Å². The molecule has 6 heteroatoms. The summed E-state index contributed by atoms with van der Waals surface area (Å²) in [6, 6.07) is 5.31. The zero-order valence-electron chi connectivity index (χ0n) is 14.5. The van der Waals surface area contributed by atoms with E-state index in [1.54, 1.807) is 48.2 Å². The molecule has 126 valence electrons. The van der Waals surface area contributed by atoms with Gasteiger partial charge in [0.05, 0.1) is 21.8 Å². The van der Waals surface area contributed by atoms with Crippen molar-refractivity contribution in [2.75, 3.05) is 19.1 Å². The molecule has 0 saturated heterocycles. The van der Waals surface area contributed by atoms with Gasteiger partial charge >= 0.3 is 0 Å². The fourth-order valence-corrected chi connectivity index (χ4v) is 2.74. The molecule has 3 aromatic heterocycles. The molecule has 0 fully saturated rings. The van der Waals surface area contributed by atoms with Crippen LogP contribution >= 0.6 is 0 Å². The summed E-state index contributed by atoms with van der Waals surface area (Å²) in [5, 5.41) is 2.64.